The van der Waals surface area contributed by atoms with Crippen LogP contribution in [0.1, 0.15) is 44.9 Å². The molecule has 0 spiro atoms. The Labute approximate surface area is 368 Å². The number of hydrogen-bond donors (Lipinski definition) is 11. The van der Waals surface area contributed by atoms with Crippen LogP contribution in [0.4, 0.5) is 0 Å². The lowest BCUT2D eigenvalue weighted by Crippen LogP contribution is -2.61. The van der Waals surface area contributed by atoms with Gasteiger partial charge in [0.15, 0.2) is 0 Å². The van der Waals surface area contributed by atoms with E-state index < -0.39 is 109 Å². The number of pyridine rings is 1. The number of amides is 8. The average Bonchev–Trinajstić information content (AvgIpc) is 3.75. The molecule has 3 aromatic rings. The van der Waals surface area contributed by atoms with Crippen molar-refractivity contribution in [3.8, 4) is 5.75 Å². The van der Waals surface area contributed by atoms with Gasteiger partial charge in [-0.25, -0.2) is 4.98 Å². The Morgan fingerprint density at radius 2 is 1.35 bits per heavy atom. The first-order valence-corrected chi connectivity index (χ1v) is 20.9. The summed E-state index contributed by atoms with van der Waals surface area (Å²) in [6.45, 7) is 3.05. The van der Waals surface area contributed by atoms with Crippen LogP contribution in [-0.2, 0) is 51.2 Å². The maximum Gasteiger partial charge on any atom is 0.246 e. The Hall–Kier alpha value is -6.32. The molecule has 1 saturated heterocycles. The summed E-state index contributed by atoms with van der Waals surface area (Å²) in [5.74, 6) is -7.11. The van der Waals surface area contributed by atoms with Gasteiger partial charge in [-0.3, -0.25) is 38.4 Å². The third-order valence-corrected chi connectivity index (χ3v) is 10.7. The number of fused-ring (bicyclic) bond motifs is 1. The largest absolute Gasteiger partial charge is 0.506 e. The third-order valence-electron chi connectivity index (χ3n) is 10.3. The average molecular weight is 894 g/mol. The number of nitrogens with two attached hydrogens (primary N) is 1. The molecule has 1 fully saturated rings. The number of likely N-dealkylation sites (tertiary alicyclic amines) is 1. The third kappa shape index (κ3) is 13.6. The molecule has 2 aromatic carbocycles. The molecule has 0 radical (unpaired) electrons. The van der Waals surface area contributed by atoms with E-state index in [0.29, 0.717) is 28.6 Å². The minimum atomic E-state index is -1.60. The highest BCUT2D eigenvalue weighted by Gasteiger charge is 2.41. The van der Waals surface area contributed by atoms with Crippen LogP contribution < -0.4 is 37.6 Å². The second-order valence-corrected chi connectivity index (χ2v) is 15.8. The Kier molecular flexibility index (Phi) is 18.2. The number of para-hydroxylation sites is 1. The summed E-state index contributed by atoms with van der Waals surface area (Å²) in [5, 5.41) is 45.7. The van der Waals surface area contributed by atoms with Crippen LogP contribution >= 0.6 is 12.6 Å². The van der Waals surface area contributed by atoms with Crippen LogP contribution in [0.5, 0.6) is 5.75 Å². The molecule has 0 bridgehead atoms. The summed E-state index contributed by atoms with van der Waals surface area (Å²) in [4.78, 5) is 111. The van der Waals surface area contributed by atoms with E-state index >= 15 is 0 Å². The number of phenolic OH excluding ortho intramolecular Hbond substituents is 1. The van der Waals surface area contributed by atoms with Crippen molar-refractivity contribution in [1.29, 1.82) is 0 Å². The van der Waals surface area contributed by atoms with Crippen molar-refractivity contribution >= 4 is 70.8 Å². The van der Waals surface area contributed by atoms with E-state index in [2.05, 4.69) is 49.5 Å². The quantitative estimate of drug-likeness (QED) is 0.0504. The van der Waals surface area contributed by atoms with E-state index in [1.54, 1.807) is 68.4 Å². The summed E-state index contributed by atoms with van der Waals surface area (Å²) >= 11 is 4.12. The smallest absolute Gasteiger partial charge is 0.246 e. The Bertz CT molecular complexity index is 2140. The fourth-order valence-corrected chi connectivity index (χ4v) is 7.19. The molecular weight excluding hydrogens is 839 g/mol. The molecule has 8 amide bonds. The van der Waals surface area contributed by atoms with Crippen LogP contribution in [0.25, 0.3) is 10.9 Å². The van der Waals surface area contributed by atoms with E-state index in [4.69, 9.17) is 5.73 Å². The number of aliphatic hydroxyl groups excluding tert-OH is 2. The molecule has 20 nitrogen and oxygen atoms in total. The highest BCUT2D eigenvalue weighted by atomic mass is 32.1. The van der Waals surface area contributed by atoms with Crippen LogP contribution in [0.2, 0.25) is 0 Å². The molecule has 340 valence electrons. The zero-order chi connectivity index (χ0) is 46.4. The van der Waals surface area contributed by atoms with E-state index in [1.807, 2.05) is 0 Å². The molecule has 1 aromatic heterocycles. The molecule has 4 rings (SSSR count). The normalized spacial score (nSPS) is 16.4. The van der Waals surface area contributed by atoms with Gasteiger partial charge >= 0.3 is 0 Å². The van der Waals surface area contributed by atoms with Gasteiger partial charge in [0.05, 0.1) is 13.2 Å². The molecule has 0 unspecified atom stereocenters. The molecule has 0 saturated carbocycles. The van der Waals surface area contributed by atoms with Crippen molar-refractivity contribution in [2.24, 2.45) is 11.7 Å². The fourth-order valence-electron chi connectivity index (χ4n) is 6.94. The maximum atomic E-state index is 14.1. The second-order valence-electron chi connectivity index (χ2n) is 15.4. The van der Waals surface area contributed by atoms with Crippen molar-refractivity contribution in [2.75, 3.05) is 25.5 Å². The highest BCUT2D eigenvalue weighted by Crippen LogP contribution is 2.24. The van der Waals surface area contributed by atoms with Gasteiger partial charge in [-0.05, 0) is 36.5 Å². The number of hydrogen-bond acceptors (Lipinski definition) is 13. The van der Waals surface area contributed by atoms with Crippen LogP contribution in [0, 0.1) is 5.92 Å². The summed E-state index contributed by atoms with van der Waals surface area (Å²) in [7, 11) is 0. The summed E-state index contributed by atoms with van der Waals surface area (Å²) < 4.78 is 0. The molecule has 1 aliphatic rings. The zero-order valence-electron chi connectivity index (χ0n) is 35.1. The number of carbonyl (C=O) groups is 8. The Morgan fingerprint density at radius 3 is 1.97 bits per heavy atom. The van der Waals surface area contributed by atoms with Crippen molar-refractivity contribution in [3.05, 3.63) is 71.9 Å². The number of carbonyl (C=O) groups excluding carboxylic acids is 8. The first-order chi connectivity index (χ1) is 30.0. The number of nitrogens with one attached hydrogen (secondary N) is 6. The predicted octanol–water partition coefficient (Wildman–Crippen LogP) is -2.30. The van der Waals surface area contributed by atoms with Crippen molar-refractivity contribution in [2.45, 2.75) is 88.7 Å². The van der Waals surface area contributed by atoms with Gasteiger partial charge in [-0.1, -0.05) is 62.4 Å². The van der Waals surface area contributed by atoms with Gasteiger partial charge in [-0.2, -0.15) is 12.6 Å². The number of aliphatic hydroxyl groups is 2. The minimum Gasteiger partial charge on any atom is -0.506 e. The lowest BCUT2D eigenvalue weighted by molar-refractivity contribution is -0.143. The molecule has 2 heterocycles. The number of aromatic nitrogens is 1. The molecule has 11 N–H and O–H groups in total. The summed E-state index contributed by atoms with van der Waals surface area (Å²) in [5.41, 5.74) is 6.50. The monoisotopic (exact) mass is 893 g/mol. The van der Waals surface area contributed by atoms with E-state index in [0.717, 1.165) is 0 Å². The Morgan fingerprint density at radius 1 is 0.746 bits per heavy atom. The molecule has 7 atom stereocenters. The van der Waals surface area contributed by atoms with E-state index in [9.17, 15) is 53.7 Å². The van der Waals surface area contributed by atoms with Crippen molar-refractivity contribution in [1.82, 2.24) is 41.8 Å². The van der Waals surface area contributed by atoms with Crippen LogP contribution in [-0.4, -0.2) is 140 Å². The van der Waals surface area contributed by atoms with Gasteiger partial charge in [0.1, 0.15) is 53.6 Å². The predicted molar refractivity (Wildman–Crippen MR) is 231 cm³/mol. The number of phenols is 1. The van der Waals surface area contributed by atoms with Crippen molar-refractivity contribution in [3.63, 3.8) is 0 Å². The molecular formula is C42H55N9O11S. The SMILES string of the molecule is CC(=O)N[C@@H](Cc1ccc2cccc(O)c2n1)C(=O)N[C@H](C(=O)N1CCC[C@H]1C(=O)N[C@H](CO)C(=O)N[C@@H](Cc1ccccc1)C(=O)N[C@@H](CS)C(=O)N[C@@H](CO)C(N)=O)C(C)C. The van der Waals surface area contributed by atoms with Gasteiger partial charge in [0.2, 0.25) is 47.3 Å². The lowest BCUT2D eigenvalue weighted by Gasteiger charge is -2.32. The lowest BCUT2D eigenvalue weighted by atomic mass is 10.0. The zero-order valence-corrected chi connectivity index (χ0v) is 36.0. The Balaban J connectivity index is 1.46. The van der Waals surface area contributed by atoms with Gasteiger partial charge in [0.25, 0.3) is 0 Å². The first-order valence-electron chi connectivity index (χ1n) is 20.3. The molecule has 0 aliphatic carbocycles. The standard InChI is InChI=1S/C42H55N9O11S/c1-22(2)34(50-38(58)28(44-23(3)54)18-26-15-14-25-11-7-13-33(55)35(25)45-26)42(62)51-16-8-12-32(51)41(61)48-30(20-53)39(59)46-27(17-24-9-5-4-6-10-24)37(57)49-31(21-63)40(60)47-29(19-52)36(43)56/h4-7,9-11,13-15,22,27-32,34,52-53,55,63H,8,12,16-21H2,1-3H3,(H2,43,56)(H,44,54)(H,46,59)(H,47,60)(H,48,61)(H,49,57)(H,50,58)/t27-,28-,29-,30+,31-,32-,34-/m0/s1. The molecule has 1 aliphatic heterocycles. The fraction of sp³-hybridized carbons (Fsp3) is 0.452. The number of aromatic hydroxyl groups is 1. The molecule has 63 heavy (non-hydrogen) atoms. The van der Waals surface area contributed by atoms with E-state index in [-0.39, 0.29) is 37.3 Å². The second kappa shape index (κ2) is 23.2. The van der Waals surface area contributed by atoms with Gasteiger partial charge in [0, 0.05) is 43.1 Å². The summed E-state index contributed by atoms with van der Waals surface area (Å²) in [6.07, 6.45) is 0.412. The number of nitrogens with zero attached hydrogens (tertiary/aromatic N) is 2. The summed E-state index contributed by atoms with van der Waals surface area (Å²) in [6, 6.07) is 7.63. The van der Waals surface area contributed by atoms with Crippen molar-refractivity contribution < 1.29 is 53.7 Å². The molecule has 21 heteroatoms. The van der Waals surface area contributed by atoms with Crippen LogP contribution in [0.15, 0.2) is 60.7 Å². The van der Waals surface area contributed by atoms with E-state index in [1.165, 1.54) is 17.9 Å². The maximum absolute atomic E-state index is 14.1. The van der Waals surface area contributed by atoms with Crippen LogP contribution in [0.3, 0.4) is 0 Å². The number of primary amides is 1. The number of thiol groups is 1. The number of benzene rings is 2. The number of rotatable bonds is 21. The van der Waals surface area contributed by atoms with Gasteiger partial charge < -0.3 is 57.9 Å². The minimum absolute atomic E-state index is 0.0605. The highest BCUT2D eigenvalue weighted by molar-refractivity contribution is 7.80. The topological polar surface area (TPSA) is 312 Å². The first kappa shape index (κ1) is 49.3. The van der Waals surface area contributed by atoms with Gasteiger partial charge in [-0.15, -0.1) is 0 Å².